The lowest BCUT2D eigenvalue weighted by molar-refractivity contribution is -0.161. The van der Waals surface area contributed by atoms with Gasteiger partial charge in [0, 0.05) is 25.7 Å². The van der Waals surface area contributed by atoms with Gasteiger partial charge >= 0.3 is 39.5 Å². The van der Waals surface area contributed by atoms with Gasteiger partial charge in [0.15, 0.2) is 12.2 Å². The second kappa shape index (κ2) is 70.7. The number of ether oxygens (including phenoxy) is 4. The van der Waals surface area contributed by atoms with Crippen molar-refractivity contribution in [1.29, 1.82) is 0 Å². The van der Waals surface area contributed by atoms with Crippen molar-refractivity contribution in [2.24, 2.45) is 11.8 Å². The summed E-state index contributed by atoms with van der Waals surface area (Å²) in [6, 6.07) is 0. The molecule has 0 aliphatic heterocycles. The van der Waals surface area contributed by atoms with E-state index in [2.05, 4.69) is 41.5 Å². The predicted molar refractivity (Wildman–Crippen MR) is 400 cm³/mol. The number of phosphoric ester groups is 2. The molecule has 0 aliphatic carbocycles. The van der Waals surface area contributed by atoms with Gasteiger partial charge in [-0.15, -0.1) is 0 Å². The van der Waals surface area contributed by atoms with Crippen LogP contribution in [0.4, 0.5) is 0 Å². The Kier molecular flexibility index (Phi) is 69.3. The highest BCUT2D eigenvalue weighted by molar-refractivity contribution is 7.47. The molecule has 6 atom stereocenters. The van der Waals surface area contributed by atoms with Gasteiger partial charge in [-0.25, -0.2) is 9.13 Å². The van der Waals surface area contributed by atoms with Gasteiger partial charge in [-0.1, -0.05) is 363 Å². The molecule has 3 N–H and O–H groups in total. The summed E-state index contributed by atoms with van der Waals surface area (Å²) >= 11 is 0. The standard InChI is InChI=1S/C79H154O17P2/c1-7-10-12-14-15-16-17-18-19-20-21-22-23-24-29-32-35-38-41-44-51-57-63-78(83)95-75(68-90-77(82)62-56-50-43-40-37-34-31-28-26-25-27-30-33-36-39-42-48-53-59-71(4)5)70-94-98(87,88)92-66-73(80)65-91-97(85,86)93-69-74(67-89-76(81)61-55-47-13-11-8-2)96-79(84)64-58-52-46-45-49-54-60-72(6)9-3/h71-75,80H,7-70H2,1-6H3,(H,85,86)(H,87,88)/t72?,73-,74+,75+/m0/s1. The van der Waals surface area contributed by atoms with Gasteiger partial charge in [-0.05, 0) is 37.5 Å². The van der Waals surface area contributed by atoms with Crippen LogP contribution in [0.5, 0.6) is 0 Å². The van der Waals surface area contributed by atoms with Gasteiger partial charge in [-0.2, -0.15) is 0 Å². The molecule has 98 heavy (non-hydrogen) atoms. The van der Waals surface area contributed by atoms with Crippen molar-refractivity contribution in [1.82, 2.24) is 0 Å². The molecule has 0 spiro atoms. The summed E-state index contributed by atoms with van der Waals surface area (Å²) in [6.45, 7) is 9.50. The van der Waals surface area contributed by atoms with Crippen LogP contribution in [-0.2, 0) is 65.4 Å². The average Bonchev–Trinajstić information content (AvgIpc) is 1.09. The minimum atomic E-state index is -4.96. The minimum absolute atomic E-state index is 0.102. The molecule has 0 aromatic rings. The molecule has 19 heteroatoms. The molecule has 0 aromatic carbocycles. The molecule has 0 radical (unpaired) electrons. The van der Waals surface area contributed by atoms with Crippen molar-refractivity contribution in [3.05, 3.63) is 0 Å². The van der Waals surface area contributed by atoms with Gasteiger partial charge in [0.05, 0.1) is 26.4 Å². The largest absolute Gasteiger partial charge is 0.472 e. The summed E-state index contributed by atoms with van der Waals surface area (Å²) in [4.78, 5) is 72.5. The van der Waals surface area contributed by atoms with Crippen molar-refractivity contribution in [2.45, 2.75) is 432 Å². The Labute approximate surface area is 600 Å². The molecule has 17 nitrogen and oxygen atoms in total. The van der Waals surface area contributed by atoms with E-state index >= 15 is 0 Å². The zero-order valence-electron chi connectivity index (χ0n) is 64.1. The van der Waals surface area contributed by atoms with Crippen molar-refractivity contribution >= 4 is 39.5 Å². The van der Waals surface area contributed by atoms with Crippen LogP contribution in [-0.4, -0.2) is 96.7 Å². The highest BCUT2D eigenvalue weighted by Gasteiger charge is 2.30. The van der Waals surface area contributed by atoms with Crippen LogP contribution >= 0.6 is 15.6 Å². The van der Waals surface area contributed by atoms with E-state index in [1.807, 2.05) is 0 Å². The Bertz CT molecular complexity index is 1890. The number of hydrogen-bond acceptors (Lipinski definition) is 15. The van der Waals surface area contributed by atoms with E-state index < -0.39 is 97.5 Å². The highest BCUT2D eigenvalue weighted by Crippen LogP contribution is 2.45. The van der Waals surface area contributed by atoms with E-state index in [-0.39, 0.29) is 25.7 Å². The molecule has 582 valence electrons. The molecule has 0 saturated heterocycles. The smallest absolute Gasteiger partial charge is 0.462 e. The lowest BCUT2D eigenvalue weighted by Crippen LogP contribution is -2.30. The first-order valence-electron chi connectivity index (χ1n) is 41.0. The molecule has 0 fully saturated rings. The van der Waals surface area contributed by atoms with Crippen LogP contribution in [0.2, 0.25) is 0 Å². The molecule has 0 aromatic heterocycles. The maximum atomic E-state index is 13.1. The van der Waals surface area contributed by atoms with Gasteiger partial charge < -0.3 is 33.8 Å². The van der Waals surface area contributed by atoms with E-state index in [0.717, 1.165) is 108 Å². The van der Waals surface area contributed by atoms with Crippen LogP contribution in [0.25, 0.3) is 0 Å². The molecule has 0 rings (SSSR count). The van der Waals surface area contributed by atoms with Crippen LogP contribution < -0.4 is 0 Å². The first-order chi connectivity index (χ1) is 47.4. The van der Waals surface area contributed by atoms with Crippen LogP contribution in [0.3, 0.4) is 0 Å². The van der Waals surface area contributed by atoms with Gasteiger partial charge in [0.1, 0.15) is 19.3 Å². The lowest BCUT2D eigenvalue weighted by atomic mass is 10.00. The van der Waals surface area contributed by atoms with Crippen molar-refractivity contribution in [3.8, 4) is 0 Å². The summed E-state index contributed by atoms with van der Waals surface area (Å²) in [5, 5.41) is 10.6. The summed E-state index contributed by atoms with van der Waals surface area (Å²) in [5.74, 6) is -0.585. The molecule has 0 amide bonds. The van der Waals surface area contributed by atoms with Gasteiger partial charge in [-0.3, -0.25) is 37.3 Å². The third-order valence-electron chi connectivity index (χ3n) is 18.8. The zero-order valence-corrected chi connectivity index (χ0v) is 65.9. The Morgan fingerprint density at radius 1 is 0.296 bits per heavy atom. The topological polar surface area (TPSA) is 237 Å². The lowest BCUT2D eigenvalue weighted by Gasteiger charge is -2.21. The Morgan fingerprint density at radius 3 is 0.776 bits per heavy atom. The van der Waals surface area contributed by atoms with Crippen LogP contribution in [0, 0.1) is 11.8 Å². The van der Waals surface area contributed by atoms with Crippen molar-refractivity contribution in [3.63, 3.8) is 0 Å². The second-order valence-corrected chi connectivity index (χ2v) is 32.1. The predicted octanol–water partition coefficient (Wildman–Crippen LogP) is 23.5. The maximum absolute atomic E-state index is 13.1. The number of aliphatic hydroxyl groups excluding tert-OH is 1. The number of carbonyl (C=O) groups excluding carboxylic acids is 4. The van der Waals surface area contributed by atoms with E-state index in [1.165, 1.54) is 225 Å². The number of carbonyl (C=O) groups is 4. The quantitative estimate of drug-likeness (QED) is 0.0222. The first-order valence-corrected chi connectivity index (χ1v) is 44.0. The molecular formula is C79H154O17P2. The van der Waals surface area contributed by atoms with E-state index in [9.17, 15) is 43.2 Å². The number of aliphatic hydroxyl groups is 1. The van der Waals surface area contributed by atoms with Gasteiger partial charge in [0.25, 0.3) is 0 Å². The number of unbranched alkanes of at least 4 members (excludes halogenated alkanes) is 47. The van der Waals surface area contributed by atoms with Crippen LogP contribution in [0.15, 0.2) is 0 Å². The zero-order chi connectivity index (χ0) is 72.1. The van der Waals surface area contributed by atoms with Crippen LogP contribution in [0.1, 0.15) is 414 Å². The monoisotopic (exact) mass is 1440 g/mol. The fourth-order valence-electron chi connectivity index (χ4n) is 12.2. The van der Waals surface area contributed by atoms with E-state index in [1.54, 1.807) is 0 Å². The SMILES string of the molecule is CCCCCCCCCCCCCCCCCCCCCCCCC(=O)O[C@H](COC(=O)CCCCCCCCCCCCCCCCCCCCC(C)C)COP(=O)(O)OC[C@@H](O)COP(=O)(O)OC[C@@H](COC(=O)CCCCCCC)OC(=O)CCCCCCCCC(C)CC. The van der Waals surface area contributed by atoms with E-state index in [4.69, 9.17) is 37.0 Å². The molecule has 0 bridgehead atoms. The van der Waals surface area contributed by atoms with Gasteiger partial charge in [0.2, 0.25) is 0 Å². The Balaban J connectivity index is 5.08. The Morgan fingerprint density at radius 2 is 0.520 bits per heavy atom. The first kappa shape index (κ1) is 96.1. The number of phosphoric acid groups is 2. The normalized spacial score (nSPS) is 14.2. The molecule has 0 heterocycles. The number of rotatable bonds is 78. The summed E-state index contributed by atoms with van der Waals surface area (Å²) in [5.41, 5.74) is 0. The summed E-state index contributed by atoms with van der Waals surface area (Å²) in [6.07, 6.45) is 60.5. The van der Waals surface area contributed by atoms with E-state index in [0.29, 0.717) is 25.7 Å². The molecule has 0 saturated carbocycles. The molecule has 0 aliphatic rings. The fourth-order valence-corrected chi connectivity index (χ4v) is 13.7. The Hall–Kier alpha value is -1.94. The summed E-state index contributed by atoms with van der Waals surface area (Å²) in [7, 11) is -9.90. The summed E-state index contributed by atoms with van der Waals surface area (Å²) < 4.78 is 68.3. The minimum Gasteiger partial charge on any atom is -0.462 e. The second-order valence-electron chi connectivity index (χ2n) is 29.2. The third kappa shape index (κ3) is 71.1. The maximum Gasteiger partial charge on any atom is 0.472 e. The fraction of sp³-hybridized carbons (Fsp3) is 0.949. The molecule has 3 unspecified atom stereocenters. The van der Waals surface area contributed by atoms with Crippen molar-refractivity contribution in [2.75, 3.05) is 39.6 Å². The highest BCUT2D eigenvalue weighted by atomic mass is 31.2. The third-order valence-corrected chi connectivity index (χ3v) is 20.7. The number of hydrogen-bond donors (Lipinski definition) is 3. The average molecular weight is 1440 g/mol. The number of esters is 4. The molecular weight excluding hydrogens is 1280 g/mol. The van der Waals surface area contributed by atoms with Crippen molar-refractivity contribution < 1.29 is 80.2 Å².